The van der Waals surface area contributed by atoms with E-state index in [1.54, 1.807) is 25.8 Å². The third-order valence-electron chi connectivity index (χ3n) is 2.25. The van der Waals surface area contributed by atoms with E-state index in [4.69, 9.17) is 0 Å². The molecule has 0 amide bonds. The van der Waals surface area contributed by atoms with Crippen LogP contribution in [0.4, 0.5) is 5.69 Å². The Balaban J connectivity index is 2.62. The smallest absolute Gasteiger partial charge is 0.287 e. The quantitative estimate of drug-likeness (QED) is 0.445. The summed E-state index contributed by atoms with van der Waals surface area (Å²) in [7, 11) is 1.70. The molecule has 2 N–H and O–H groups in total. The molecule has 0 bridgehead atoms. The van der Waals surface area contributed by atoms with Crippen molar-refractivity contribution in [1.82, 2.24) is 9.88 Å². The summed E-state index contributed by atoms with van der Waals surface area (Å²) in [5.74, 6) is -0.255. The van der Waals surface area contributed by atoms with Crippen LogP contribution in [0.3, 0.4) is 0 Å². The van der Waals surface area contributed by atoms with E-state index < -0.39 is 10.5 Å². The summed E-state index contributed by atoms with van der Waals surface area (Å²) in [6, 6.07) is 1.21. The molecular formula is C11H17N3O4. The van der Waals surface area contributed by atoms with Crippen molar-refractivity contribution in [1.29, 1.82) is 0 Å². The second kappa shape index (κ2) is 5.28. The predicted molar refractivity (Wildman–Crippen MR) is 65.6 cm³/mol. The summed E-state index contributed by atoms with van der Waals surface area (Å²) in [6.07, 6.45) is 1.18. The SMILES string of the molecule is CN(CC(=O)c1cc([N+](=O)[O-])c[nH]1)CC(C)(C)O. The number of likely N-dealkylation sites (N-methyl/N-ethyl adjacent to an activating group) is 1. The predicted octanol–water partition coefficient (Wildman–Crippen LogP) is 0.808. The summed E-state index contributed by atoms with van der Waals surface area (Å²) < 4.78 is 0. The number of nitro groups is 1. The molecule has 0 aliphatic carbocycles. The number of hydrogen-bond acceptors (Lipinski definition) is 5. The fraction of sp³-hybridized carbons (Fsp3) is 0.545. The number of aromatic amines is 1. The molecule has 0 aliphatic heterocycles. The van der Waals surface area contributed by atoms with Gasteiger partial charge >= 0.3 is 0 Å². The molecule has 7 heteroatoms. The van der Waals surface area contributed by atoms with Crippen LogP contribution in [0.15, 0.2) is 12.3 Å². The fourth-order valence-electron chi connectivity index (χ4n) is 1.70. The number of hydrogen-bond donors (Lipinski definition) is 2. The van der Waals surface area contributed by atoms with E-state index in [-0.39, 0.29) is 23.7 Å². The topological polar surface area (TPSA) is 99.5 Å². The first kappa shape index (κ1) is 14.3. The van der Waals surface area contributed by atoms with Crippen molar-refractivity contribution >= 4 is 11.5 Å². The number of carbonyl (C=O) groups excluding carboxylic acids is 1. The number of H-pyrrole nitrogens is 1. The Morgan fingerprint density at radius 2 is 2.22 bits per heavy atom. The van der Waals surface area contributed by atoms with Crippen molar-refractivity contribution < 1.29 is 14.8 Å². The highest BCUT2D eigenvalue weighted by atomic mass is 16.6. The van der Waals surface area contributed by atoms with Crippen LogP contribution in [0, 0.1) is 10.1 Å². The Kier molecular flexibility index (Phi) is 4.20. The summed E-state index contributed by atoms with van der Waals surface area (Å²) in [4.78, 5) is 26.0. The molecule has 0 aliphatic rings. The minimum Gasteiger partial charge on any atom is -0.389 e. The van der Waals surface area contributed by atoms with E-state index in [0.717, 1.165) is 0 Å². The number of rotatable bonds is 6. The molecule has 18 heavy (non-hydrogen) atoms. The van der Waals surface area contributed by atoms with Gasteiger partial charge < -0.3 is 10.1 Å². The van der Waals surface area contributed by atoms with Crippen LogP contribution in [-0.2, 0) is 0 Å². The average Bonchev–Trinajstić information content (AvgIpc) is 2.62. The van der Waals surface area contributed by atoms with E-state index in [0.29, 0.717) is 6.54 Å². The van der Waals surface area contributed by atoms with Gasteiger partial charge in [0.25, 0.3) is 5.69 Å². The van der Waals surface area contributed by atoms with Crippen molar-refractivity contribution in [2.75, 3.05) is 20.1 Å². The van der Waals surface area contributed by atoms with Gasteiger partial charge in [-0.2, -0.15) is 0 Å². The largest absolute Gasteiger partial charge is 0.389 e. The molecule has 0 atom stereocenters. The van der Waals surface area contributed by atoms with Crippen LogP contribution in [0.1, 0.15) is 24.3 Å². The number of ketones is 1. The normalized spacial score (nSPS) is 11.8. The van der Waals surface area contributed by atoms with Gasteiger partial charge in [-0.15, -0.1) is 0 Å². The first-order chi connectivity index (χ1) is 8.19. The average molecular weight is 255 g/mol. The second-order valence-electron chi connectivity index (χ2n) is 4.94. The van der Waals surface area contributed by atoms with E-state index in [1.807, 2.05) is 0 Å². The molecular weight excluding hydrogens is 238 g/mol. The van der Waals surface area contributed by atoms with Crippen LogP contribution in [0.25, 0.3) is 0 Å². The number of nitrogens with zero attached hydrogens (tertiary/aromatic N) is 2. The molecule has 0 saturated carbocycles. The maximum Gasteiger partial charge on any atom is 0.287 e. The zero-order valence-electron chi connectivity index (χ0n) is 10.6. The summed E-state index contributed by atoms with van der Waals surface area (Å²) in [6.45, 7) is 3.71. The highest BCUT2D eigenvalue weighted by Crippen LogP contribution is 2.13. The second-order valence-corrected chi connectivity index (χ2v) is 4.94. The molecule has 7 nitrogen and oxygen atoms in total. The van der Waals surface area contributed by atoms with E-state index in [2.05, 4.69) is 4.98 Å². The molecule has 0 unspecified atom stereocenters. The fourth-order valence-corrected chi connectivity index (χ4v) is 1.70. The zero-order chi connectivity index (χ0) is 13.9. The highest BCUT2D eigenvalue weighted by Gasteiger charge is 2.20. The van der Waals surface area contributed by atoms with Crippen LogP contribution < -0.4 is 0 Å². The molecule has 1 aromatic rings. The van der Waals surface area contributed by atoms with E-state index in [1.165, 1.54) is 12.3 Å². The van der Waals surface area contributed by atoms with Gasteiger partial charge in [-0.1, -0.05) is 0 Å². The van der Waals surface area contributed by atoms with Crippen molar-refractivity contribution in [3.05, 3.63) is 28.1 Å². The lowest BCUT2D eigenvalue weighted by atomic mass is 10.1. The lowest BCUT2D eigenvalue weighted by Crippen LogP contribution is -2.38. The molecule has 0 aromatic carbocycles. The van der Waals surface area contributed by atoms with E-state index >= 15 is 0 Å². The maximum atomic E-state index is 11.8. The van der Waals surface area contributed by atoms with Crippen LogP contribution in [0.5, 0.6) is 0 Å². The first-order valence-corrected chi connectivity index (χ1v) is 5.46. The van der Waals surface area contributed by atoms with Gasteiger partial charge in [0.2, 0.25) is 0 Å². The van der Waals surface area contributed by atoms with Crippen molar-refractivity contribution in [2.45, 2.75) is 19.4 Å². The maximum absolute atomic E-state index is 11.8. The van der Waals surface area contributed by atoms with E-state index in [9.17, 15) is 20.0 Å². The molecule has 100 valence electrons. The minimum atomic E-state index is -0.892. The molecule has 0 spiro atoms. The molecule has 1 aromatic heterocycles. The van der Waals surface area contributed by atoms with Crippen LogP contribution >= 0.6 is 0 Å². The highest BCUT2D eigenvalue weighted by molar-refractivity contribution is 5.96. The molecule has 0 fully saturated rings. The molecule has 1 rings (SSSR count). The third-order valence-corrected chi connectivity index (χ3v) is 2.25. The Hall–Kier alpha value is -1.73. The summed E-state index contributed by atoms with van der Waals surface area (Å²) in [5.41, 5.74) is -0.829. The van der Waals surface area contributed by atoms with Crippen molar-refractivity contribution in [2.24, 2.45) is 0 Å². The van der Waals surface area contributed by atoms with Gasteiger partial charge in [0, 0.05) is 12.6 Å². The lowest BCUT2D eigenvalue weighted by molar-refractivity contribution is -0.384. The third kappa shape index (κ3) is 4.27. The molecule has 0 radical (unpaired) electrons. The van der Waals surface area contributed by atoms with Gasteiger partial charge in [-0.3, -0.25) is 19.8 Å². The standard InChI is InChI=1S/C11H17N3O4/c1-11(2,16)7-13(3)6-10(15)9-4-8(5-12-9)14(17)18/h4-5,12,16H,6-7H2,1-3H3. The van der Waals surface area contributed by atoms with Gasteiger partial charge in [-0.05, 0) is 20.9 Å². The van der Waals surface area contributed by atoms with Crippen LogP contribution in [-0.4, -0.2) is 51.4 Å². The number of Topliss-reactive ketones (excluding diaryl/α,β-unsaturated/α-hetero) is 1. The van der Waals surface area contributed by atoms with Crippen molar-refractivity contribution in [3.8, 4) is 0 Å². The number of aromatic nitrogens is 1. The zero-order valence-corrected chi connectivity index (χ0v) is 10.6. The number of carbonyl (C=O) groups is 1. The lowest BCUT2D eigenvalue weighted by Gasteiger charge is -2.24. The van der Waals surface area contributed by atoms with Gasteiger partial charge in [0.15, 0.2) is 5.78 Å². The Labute approximate surface area is 105 Å². The van der Waals surface area contributed by atoms with Gasteiger partial charge in [0.1, 0.15) is 0 Å². The Morgan fingerprint density at radius 3 is 2.67 bits per heavy atom. The number of aliphatic hydroxyl groups is 1. The first-order valence-electron chi connectivity index (χ1n) is 5.46. The minimum absolute atomic E-state index is 0.0850. The van der Waals surface area contributed by atoms with Crippen LogP contribution in [0.2, 0.25) is 0 Å². The molecule has 0 saturated heterocycles. The Bertz CT molecular complexity index is 447. The van der Waals surface area contributed by atoms with Gasteiger partial charge in [0.05, 0.1) is 29.0 Å². The monoisotopic (exact) mass is 255 g/mol. The summed E-state index contributed by atoms with van der Waals surface area (Å²) in [5, 5.41) is 20.1. The summed E-state index contributed by atoms with van der Waals surface area (Å²) >= 11 is 0. The number of nitrogens with one attached hydrogen (secondary N) is 1. The van der Waals surface area contributed by atoms with Gasteiger partial charge in [-0.25, -0.2) is 0 Å². The molecule has 1 heterocycles. The van der Waals surface area contributed by atoms with Crippen molar-refractivity contribution in [3.63, 3.8) is 0 Å². The Morgan fingerprint density at radius 1 is 1.61 bits per heavy atom.